The molecule has 88 valence electrons. The number of carbonyl (C=O) groups excluding carboxylic acids is 1. The van der Waals surface area contributed by atoms with Crippen LogP contribution in [0.5, 0.6) is 0 Å². The summed E-state index contributed by atoms with van der Waals surface area (Å²) in [7, 11) is 3.43. The lowest BCUT2D eigenvalue weighted by atomic mass is 10.2. The van der Waals surface area contributed by atoms with Crippen LogP contribution in [0.25, 0.3) is 0 Å². The summed E-state index contributed by atoms with van der Waals surface area (Å²) in [6.45, 7) is 1.88. The number of hydrogen-bond acceptors (Lipinski definition) is 4. The van der Waals surface area contributed by atoms with E-state index < -0.39 is 0 Å². The third kappa shape index (κ3) is 3.77. The number of carbonyl (C=O) groups is 1. The summed E-state index contributed by atoms with van der Waals surface area (Å²) in [4.78, 5) is 13.5. The molecule has 1 rings (SSSR count). The maximum Gasteiger partial charge on any atom is 0.239 e. The van der Waals surface area contributed by atoms with Gasteiger partial charge in [0.15, 0.2) is 0 Å². The number of β-amino-alcohol motifs (C(OH)–C–C–N with tert-alkyl or cyclic N) is 1. The monoisotopic (exact) mass is 216 g/mol. The number of aliphatic hydroxyl groups is 1. The van der Waals surface area contributed by atoms with Crippen LogP contribution in [0.1, 0.15) is 12.8 Å². The van der Waals surface area contributed by atoms with Crippen molar-refractivity contribution in [3.8, 4) is 0 Å². The second-order valence-electron chi connectivity index (χ2n) is 3.96. The zero-order valence-electron chi connectivity index (χ0n) is 9.40. The standard InChI is InChI=1S/C10H20N2O3/c1-12(4-3-5-15-2)10(14)9-6-8(13)7-11-9/h8-9,11,13H,3-7H2,1-2H3. The highest BCUT2D eigenvalue weighted by Crippen LogP contribution is 2.08. The molecule has 2 unspecified atom stereocenters. The van der Waals surface area contributed by atoms with Crippen LogP contribution in [0.2, 0.25) is 0 Å². The van der Waals surface area contributed by atoms with Crippen molar-refractivity contribution in [1.82, 2.24) is 10.2 Å². The maximum atomic E-state index is 11.8. The molecule has 0 bridgehead atoms. The van der Waals surface area contributed by atoms with E-state index in [0.717, 1.165) is 6.42 Å². The van der Waals surface area contributed by atoms with Crippen molar-refractivity contribution in [2.24, 2.45) is 0 Å². The van der Waals surface area contributed by atoms with Gasteiger partial charge in [0.25, 0.3) is 0 Å². The van der Waals surface area contributed by atoms with Crippen LogP contribution in [0.3, 0.4) is 0 Å². The second-order valence-corrected chi connectivity index (χ2v) is 3.96. The van der Waals surface area contributed by atoms with E-state index in [1.165, 1.54) is 0 Å². The minimum atomic E-state index is -0.383. The summed E-state index contributed by atoms with van der Waals surface area (Å²) < 4.78 is 4.92. The van der Waals surface area contributed by atoms with Gasteiger partial charge in [-0.25, -0.2) is 0 Å². The molecule has 1 aliphatic heterocycles. The number of aliphatic hydroxyl groups excluding tert-OH is 1. The topological polar surface area (TPSA) is 61.8 Å². The van der Waals surface area contributed by atoms with Crippen molar-refractivity contribution in [2.45, 2.75) is 25.0 Å². The molecule has 2 atom stereocenters. The van der Waals surface area contributed by atoms with E-state index in [0.29, 0.717) is 26.1 Å². The highest BCUT2D eigenvalue weighted by atomic mass is 16.5. The van der Waals surface area contributed by atoms with Crippen LogP contribution < -0.4 is 5.32 Å². The third-order valence-corrected chi connectivity index (χ3v) is 2.62. The maximum absolute atomic E-state index is 11.8. The van der Waals surface area contributed by atoms with Crippen LogP contribution in [-0.4, -0.2) is 61.9 Å². The highest BCUT2D eigenvalue weighted by Gasteiger charge is 2.29. The van der Waals surface area contributed by atoms with Gasteiger partial charge in [0.05, 0.1) is 12.1 Å². The van der Waals surface area contributed by atoms with Gasteiger partial charge >= 0.3 is 0 Å². The molecule has 15 heavy (non-hydrogen) atoms. The van der Waals surface area contributed by atoms with E-state index in [-0.39, 0.29) is 18.1 Å². The molecule has 0 saturated carbocycles. The summed E-state index contributed by atoms with van der Waals surface area (Å²) in [6, 6.07) is -0.215. The number of likely N-dealkylation sites (N-methyl/N-ethyl adjacent to an activating group) is 1. The zero-order chi connectivity index (χ0) is 11.3. The van der Waals surface area contributed by atoms with Gasteiger partial charge in [-0.1, -0.05) is 0 Å². The Labute approximate surface area is 90.4 Å². The largest absolute Gasteiger partial charge is 0.392 e. The predicted octanol–water partition coefficient (Wildman–Crippen LogP) is -0.796. The first-order chi connectivity index (χ1) is 7.15. The van der Waals surface area contributed by atoms with Crippen molar-refractivity contribution in [3.05, 3.63) is 0 Å². The van der Waals surface area contributed by atoms with Crippen molar-refractivity contribution < 1.29 is 14.6 Å². The van der Waals surface area contributed by atoms with Crippen LogP contribution in [0, 0.1) is 0 Å². The van der Waals surface area contributed by atoms with Crippen LogP contribution in [0.15, 0.2) is 0 Å². The molecule has 1 amide bonds. The summed E-state index contributed by atoms with van der Waals surface area (Å²) in [5, 5.41) is 12.3. The van der Waals surface area contributed by atoms with E-state index in [1.807, 2.05) is 0 Å². The van der Waals surface area contributed by atoms with Crippen LogP contribution in [-0.2, 0) is 9.53 Å². The molecule has 0 aromatic heterocycles. The Balaban J connectivity index is 2.26. The highest BCUT2D eigenvalue weighted by molar-refractivity contribution is 5.82. The second kappa shape index (κ2) is 6.05. The summed E-state index contributed by atoms with van der Waals surface area (Å²) in [5.41, 5.74) is 0. The summed E-state index contributed by atoms with van der Waals surface area (Å²) in [6.07, 6.45) is 0.980. The van der Waals surface area contributed by atoms with E-state index in [4.69, 9.17) is 4.74 Å². The van der Waals surface area contributed by atoms with E-state index in [9.17, 15) is 9.90 Å². The lowest BCUT2D eigenvalue weighted by molar-refractivity contribution is -0.132. The van der Waals surface area contributed by atoms with Gasteiger partial charge in [-0.05, 0) is 12.8 Å². The van der Waals surface area contributed by atoms with Crippen molar-refractivity contribution in [3.63, 3.8) is 0 Å². The Morgan fingerprint density at radius 2 is 2.40 bits per heavy atom. The Hall–Kier alpha value is -0.650. The SMILES string of the molecule is COCCCN(C)C(=O)C1CC(O)CN1. The molecule has 2 N–H and O–H groups in total. The molecule has 5 nitrogen and oxygen atoms in total. The summed E-state index contributed by atoms with van der Waals surface area (Å²) >= 11 is 0. The molecule has 0 spiro atoms. The van der Waals surface area contributed by atoms with Gasteiger partial charge < -0.3 is 20.1 Å². The van der Waals surface area contributed by atoms with Gasteiger partial charge in [-0.2, -0.15) is 0 Å². The van der Waals surface area contributed by atoms with E-state index in [1.54, 1.807) is 19.1 Å². The third-order valence-electron chi connectivity index (χ3n) is 2.62. The van der Waals surface area contributed by atoms with Crippen molar-refractivity contribution in [1.29, 1.82) is 0 Å². The first-order valence-electron chi connectivity index (χ1n) is 5.30. The van der Waals surface area contributed by atoms with Gasteiger partial charge in [0.1, 0.15) is 0 Å². The first kappa shape index (κ1) is 12.4. The molecule has 1 fully saturated rings. The fraction of sp³-hybridized carbons (Fsp3) is 0.900. The van der Waals surface area contributed by atoms with Crippen LogP contribution in [0.4, 0.5) is 0 Å². The van der Waals surface area contributed by atoms with Crippen molar-refractivity contribution >= 4 is 5.91 Å². The lowest BCUT2D eigenvalue weighted by Gasteiger charge is -2.20. The number of methoxy groups -OCH3 is 1. The molecule has 1 aliphatic rings. The minimum Gasteiger partial charge on any atom is -0.392 e. The lowest BCUT2D eigenvalue weighted by Crippen LogP contribution is -2.42. The smallest absolute Gasteiger partial charge is 0.239 e. The zero-order valence-corrected chi connectivity index (χ0v) is 9.40. The quantitative estimate of drug-likeness (QED) is 0.591. The number of ether oxygens (including phenoxy) is 1. The average Bonchev–Trinajstić information content (AvgIpc) is 2.64. The van der Waals surface area contributed by atoms with Gasteiger partial charge in [0, 0.05) is 33.9 Å². The molecule has 5 heteroatoms. The number of rotatable bonds is 5. The molecule has 1 heterocycles. The Bertz CT molecular complexity index is 211. The van der Waals surface area contributed by atoms with E-state index >= 15 is 0 Å². The Kier molecular flexibility index (Phi) is 5.01. The predicted molar refractivity (Wildman–Crippen MR) is 56.5 cm³/mol. The molecule has 0 aromatic rings. The first-order valence-corrected chi connectivity index (χ1v) is 5.30. The van der Waals surface area contributed by atoms with Gasteiger partial charge in [-0.3, -0.25) is 4.79 Å². The summed E-state index contributed by atoms with van der Waals surface area (Å²) in [5.74, 6) is 0.0580. The number of hydrogen-bond donors (Lipinski definition) is 2. The Morgan fingerprint density at radius 3 is 2.93 bits per heavy atom. The molecule has 0 radical (unpaired) electrons. The normalized spacial score (nSPS) is 25.5. The number of nitrogens with zero attached hydrogens (tertiary/aromatic N) is 1. The fourth-order valence-corrected chi connectivity index (χ4v) is 1.73. The fourth-order valence-electron chi connectivity index (χ4n) is 1.73. The molecule has 0 aliphatic carbocycles. The van der Waals surface area contributed by atoms with Crippen molar-refractivity contribution in [2.75, 3.05) is 33.9 Å². The molecular weight excluding hydrogens is 196 g/mol. The Morgan fingerprint density at radius 1 is 1.67 bits per heavy atom. The molecule has 1 saturated heterocycles. The van der Waals surface area contributed by atoms with Gasteiger partial charge in [0.2, 0.25) is 5.91 Å². The minimum absolute atomic E-state index is 0.0580. The number of nitrogens with one attached hydrogen (secondary N) is 1. The number of amides is 1. The molecule has 0 aromatic carbocycles. The van der Waals surface area contributed by atoms with Crippen LogP contribution >= 0.6 is 0 Å². The van der Waals surface area contributed by atoms with Gasteiger partial charge in [-0.15, -0.1) is 0 Å². The molecular formula is C10H20N2O3. The average molecular weight is 216 g/mol. The van der Waals surface area contributed by atoms with E-state index in [2.05, 4.69) is 5.32 Å².